The Bertz CT molecular complexity index is 422. The van der Waals surface area contributed by atoms with Crippen molar-refractivity contribution >= 4 is 5.91 Å². The molecule has 1 N–H and O–H groups in total. The van der Waals surface area contributed by atoms with Crippen molar-refractivity contribution in [2.24, 2.45) is 5.92 Å². The van der Waals surface area contributed by atoms with Gasteiger partial charge in [0.15, 0.2) is 0 Å². The van der Waals surface area contributed by atoms with Crippen LogP contribution in [0.25, 0.3) is 0 Å². The summed E-state index contributed by atoms with van der Waals surface area (Å²) in [5.74, 6) is 1.38. The van der Waals surface area contributed by atoms with Crippen molar-refractivity contribution < 1.29 is 4.79 Å². The smallest absolute Gasteiger partial charge is 0.220 e. The number of hydrogen-bond donors (Lipinski definition) is 1. The van der Waals surface area contributed by atoms with Gasteiger partial charge in [-0.3, -0.25) is 4.79 Å². The highest BCUT2D eigenvalue weighted by molar-refractivity contribution is 5.76. The van der Waals surface area contributed by atoms with Crippen molar-refractivity contribution in [3.63, 3.8) is 0 Å². The predicted molar refractivity (Wildman–Crippen MR) is 95.2 cm³/mol. The number of benzene rings is 1. The molecule has 2 heteroatoms. The minimum Gasteiger partial charge on any atom is -0.356 e. The number of aryl methyl sites for hydroxylation is 1. The van der Waals surface area contributed by atoms with Crippen LogP contribution in [0.4, 0.5) is 0 Å². The van der Waals surface area contributed by atoms with Crippen LogP contribution in [0.1, 0.15) is 76.8 Å². The fourth-order valence-corrected chi connectivity index (χ4v) is 2.62. The maximum absolute atomic E-state index is 12.0. The third kappa shape index (κ3) is 7.11. The Balaban J connectivity index is 2.30. The van der Waals surface area contributed by atoms with Crippen LogP contribution in [0.3, 0.4) is 0 Å². The second-order valence-corrected chi connectivity index (χ2v) is 6.62. The lowest BCUT2D eigenvalue weighted by Gasteiger charge is -2.15. The molecule has 124 valence electrons. The highest BCUT2D eigenvalue weighted by atomic mass is 16.1. The summed E-state index contributed by atoms with van der Waals surface area (Å²) in [6.45, 7) is 9.66. The van der Waals surface area contributed by atoms with Crippen LogP contribution in [0, 0.1) is 5.92 Å². The summed E-state index contributed by atoms with van der Waals surface area (Å²) in [5.41, 5.74) is 2.60. The molecule has 2 nitrogen and oxygen atoms in total. The largest absolute Gasteiger partial charge is 0.356 e. The third-order valence-corrected chi connectivity index (χ3v) is 4.42. The average molecular weight is 303 g/mol. The summed E-state index contributed by atoms with van der Waals surface area (Å²) in [5, 5.41) is 3.10. The molecule has 0 saturated carbocycles. The molecule has 0 spiro atoms. The fourth-order valence-electron chi connectivity index (χ4n) is 2.62. The minimum absolute atomic E-state index is 0.183. The van der Waals surface area contributed by atoms with Gasteiger partial charge in [-0.05, 0) is 35.8 Å². The molecular weight excluding hydrogens is 270 g/mol. The lowest BCUT2D eigenvalue weighted by molar-refractivity contribution is -0.121. The van der Waals surface area contributed by atoms with E-state index in [0.29, 0.717) is 18.3 Å². The highest BCUT2D eigenvalue weighted by Crippen LogP contribution is 2.15. The lowest BCUT2D eigenvalue weighted by Crippen LogP contribution is -2.29. The molecule has 0 aromatic heterocycles. The molecule has 0 saturated heterocycles. The van der Waals surface area contributed by atoms with Gasteiger partial charge in [0.25, 0.3) is 0 Å². The maximum atomic E-state index is 12.0. The van der Waals surface area contributed by atoms with Crippen LogP contribution in [0.15, 0.2) is 24.3 Å². The van der Waals surface area contributed by atoms with Gasteiger partial charge in [-0.2, -0.15) is 0 Å². The first kappa shape index (κ1) is 18.7. The quantitative estimate of drug-likeness (QED) is 0.642. The molecule has 1 atom stereocenters. The van der Waals surface area contributed by atoms with Gasteiger partial charge in [0, 0.05) is 13.0 Å². The Kier molecular flexibility index (Phi) is 8.88. The second-order valence-electron chi connectivity index (χ2n) is 6.62. The van der Waals surface area contributed by atoms with Crippen LogP contribution in [-0.2, 0) is 11.2 Å². The highest BCUT2D eigenvalue weighted by Gasteiger charge is 2.08. The zero-order valence-corrected chi connectivity index (χ0v) is 14.8. The van der Waals surface area contributed by atoms with Gasteiger partial charge >= 0.3 is 0 Å². The molecule has 0 aliphatic carbocycles. The van der Waals surface area contributed by atoms with Crippen LogP contribution in [0.2, 0.25) is 0 Å². The van der Waals surface area contributed by atoms with E-state index < -0.39 is 0 Å². The SMILES string of the molecule is CCCCC(CC)CNC(=O)CCc1ccc(C(C)C)cc1. The van der Waals surface area contributed by atoms with E-state index in [9.17, 15) is 4.79 Å². The number of unbranched alkanes of at least 4 members (excludes halogenated alkanes) is 1. The van der Waals surface area contributed by atoms with Gasteiger partial charge in [-0.15, -0.1) is 0 Å². The van der Waals surface area contributed by atoms with Gasteiger partial charge in [-0.25, -0.2) is 0 Å². The molecule has 0 aliphatic heterocycles. The Morgan fingerprint density at radius 3 is 2.36 bits per heavy atom. The van der Waals surface area contributed by atoms with Gasteiger partial charge in [0.1, 0.15) is 0 Å². The van der Waals surface area contributed by atoms with Gasteiger partial charge < -0.3 is 5.32 Å². The van der Waals surface area contributed by atoms with Crippen LogP contribution in [0.5, 0.6) is 0 Å². The van der Waals surface area contributed by atoms with E-state index in [4.69, 9.17) is 0 Å². The molecule has 1 rings (SSSR count). The summed E-state index contributed by atoms with van der Waals surface area (Å²) < 4.78 is 0. The van der Waals surface area contributed by atoms with Gasteiger partial charge in [-0.1, -0.05) is 71.2 Å². The summed E-state index contributed by atoms with van der Waals surface area (Å²) >= 11 is 0. The number of nitrogens with one attached hydrogen (secondary N) is 1. The Morgan fingerprint density at radius 2 is 1.82 bits per heavy atom. The number of carbonyl (C=O) groups excluding carboxylic acids is 1. The van der Waals surface area contributed by atoms with Crippen molar-refractivity contribution in [2.75, 3.05) is 6.54 Å². The lowest BCUT2D eigenvalue weighted by atomic mass is 9.99. The standard InChI is InChI=1S/C20H33NO/c1-5-7-8-17(6-2)15-21-20(22)14-11-18-9-12-19(13-10-18)16(3)4/h9-10,12-13,16-17H,5-8,11,14-15H2,1-4H3,(H,21,22). The fraction of sp³-hybridized carbons (Fsp3) is 0.650. The number of amides is 1. The number of carbonyl (C=O) groups is 1. The van der Waals surface area contributed by atoms with Crippen molar-refractivity contribution in [3.8, 4) is 0 Å². The Hall–Kier alpha value is -1.31. The first-order chi connectivity index (χ1) is 10.6. The van der Waals surface area contributed by atoms with Gasteiger partial charge in [0.2, 0.25) is 5.91 Å². The average Bonchev–Trinajstić information content (AvgIpc) is 2.53. The van der Waals surface area contributed by atoms with Crippen molar-refractivity contribution in [1.82, 2.24) is 5.32 Å². The zero-order chi connectivity index (χ0) is 16.4. The molecule has 1 unspecified atom stereocenters. The third-order valence-electron chi connectivity index (χ3n) is 4.42. The molecule has 0 radical (unpaired) electrons. The molecule has 22 heavy (non-hydrogen) atoms. The monoisotopic (exact) mass is 303 g/mol. The first-order valence-electron chi connectivity index (χ1n) is 8.92. The minimum atomic E-state index is 0.183. The van der Waals surface area contributed by atoms with E-state index in [-0.39, 0.29) is 5.91 Å². The van der Waals surface area contributed by atoms with Crippen LogP contribution >= 0.6 is 0 Å². The van der Waals surface area contributed by atoms with Gasteiger partial charge in [0.05, 0.1) is 0 Å². The van der Waals surface area contributed by atoms with Crippen LogP contribution in [-0.4, -0.2) is 12.5 Å². The van der Waals surface area contributed by atoms with Crippen LogP contribution < -0.4 is 5.32 Å². The molecule has 1 aromatic rings. The van der Waals surface area contributed by atoms with E-state index >= 15 is 0 Å². The molecule has 0 aliphatic rings. The molecule has 1 amide bonds. The molecule has 0 fully saturated rings. The Labute approximate surface area is 136 Å². The zero-order valence-electron chi connectivity index (χ0n) is 14.8. The van der Waals surface area contributed by atoms with E-state index in [1.165, 1.54) is 30.4 Å². The van der Waals surface area contributed by atoms with E-state index in [1.54, 1.807) is 0 Å². The number of hydrogen-bond acceptors (Lipinski definition) is 1. The Morgan fingerprint density at radius 1 is 1.14 bits per heavy atom. The van der Waals surface area contributed by atoms with E-state index in [2.05, 4.69) is 57.3 Å². The van der Waals surface area contributed by atoms with Crippen molar-refractivity contribution in [1.29, 1.82) is 0 Å². The predicted octanol–water partition coefficient (Wildman–Crippen LogP) is 5.08. The van der Waals surface area contributed by atoms with Crippen molar-refractivity contribution in [3.05, 3.63) is 35.4 Å². The van der Waals surface area contributed by atoms with E-state index in [1.807, 2.05) is 0 Å². The molecule has 0 heterocycles. The molecule has 1 aromatic carbocycles. The van der Waals surface area contributed by atoms with Crippen molar-refractivity contribution in [2.45, 2.75) is 72.1 Å². The van der Waals surface area contributed by atoms with E-state index in [0.717, 1.165) is 19.4 Å². The summed E-state index contributed by atoms with van der Waals surface area (Å²) in [6, 6.07) is 8.66. The number of rotatable bonds is 10. The topological polar surface area (TPSA) is 29.1 Å². The molecular formula is C20H33NO. The first-order valence-corrected chi connectivity index (χ1v) is 8.92. The summed E-state index contributed by atoms with van der Waals surface area (Å²) in [7, 11) is 0. The second kappa shape index (κ2) is 10.4. The normalized spacial score (nSPS) is 12.4. The maximum Gasteiger partial charge on any atom is 0.220 e. The summed E-state index contributed by atoms with van der Waals surface area (Å²) in [4.78, 5) is 12.0. The molecule has 0 bridgehead atoms. The summed E-state index contributed by atoms with van der Waals surface area (Å²) in [6.07, 6.45) is 6.29.